The molecular weight excluding hydrogens is 296 g/mol. The van der Waals surface area contributed by atoms with Gasteiger partial charge in [-0.2, -0.15) is 0 Å². The first-order valence-electron chi connectivity index (χ1n) is 7.54. The zero-order chi connectivity index (χ0) is 16.9. The standard InChI is InChI=1S/C18H18O5/c1-18(2)7-11(19)13(12(20)8-18)14-15(21)9-5-3-4-6-10(9)16(22)17(14)23/h3-6,14,17,19,23H,7-8H2,1-2H3/t14-,17-/m1/s1. The number of benzene rings is 1. The van der Waals surface area contributed by atoms with Gasteiger partial charge in [-0.25, -0.2) is 0 Å². The van der Waals surface area contributed by atoms with Gasteiger partial charge >= 0.3 is 0 Å². The van der Waals surface area contributed by atoms with Crippen LogP contribution in [0.4, 0.5) is 0 Å². The molecule has 2 aliphatic rings. The van der Waals surface area contributed by atoms with Gasteiger partial charge in [0.15, 0.2) is 17.3 Å². The zero-order valence-electron chi connectivity index (χ0n) is 13.0. The minimum absolute atomic E-state index is 0.107. The van der Waals surface area contributed by atoms with E-state index in [1.165, 1.54) is 12.1 Å². The van der Waals surface area contributed by atoms with Crippen molar-refractivity contribution in [2.45, 2.75) is 32.8 Å². The van der Waals surface area contributed by atoms with Gasteiger partial charge in [-0.15, -0.1) is 0 Å². The number of fused-ring (bicyclic) bond motifs is 1. The molecule has 0 bridgehead atoms. The van der Waals surface area contributed by atoms with Crippen LogP contribution in [-0.2, 0) is 4.79 Å². The van der Waals surface area contributed by atoms with E-state index < -0.39 is 29.0 Å². The number of hydrogen-bond donors (Lipinski definition) is 2. The lowest BCUT2D eigenvalue weighted by Gasteiger charge is -2.35. The summed E-state index contributed by atoms with van der Waals surface area (Å²) in [6, 6.07) is 6.22. The monoisotopic (exact) mass is 314 g/mol. The molecule has 0 amide bonds. The third-order valence-corrected chi connectivity index (χ3v) is 4.53. The van der Waals surface area contributed by atoms with Crippen LogP contribution in [0.2, 0.25) is 0 Å². The van der Waals surface area contributed by atoms with Gasteiger partial charge in [-0.1, -0.05) is 38.1 Å². The van der Waals surface area contributed by atoms with E-state index in [-0.39, 0.29) is 41.1 Å². The number of hydrogen-bond acceptors (Lipinski definition) is 5. The van der Waals surface area contributed by atoms with Gasteiger partial charge in [0.25, 0.3) is 0 Å². The summed E-state index contributed by atoms with van der Waals surface area (Å²) < 4.78 is 0. The first kappa shape index (κ1) is 15.6. The molecule has 1 aromatic rings. The van der Waals surface area contributed by atoms with Gasteiger partial charge in [0, 0.05) is 29.5 Å². The molecule has 0 fully saturated rings. The van der Waals surface area contributed by atoms with Crippen LogP contribution in [-0.4, -0.2) is 33.7 Å². The first-order chi connectivity index (χ1) is 10.7. The Morgan fingerprint density at radius 3 is 2.13 bits per heavy atom. The Kier molecular flexibility index (Phi) is 3.48. The van der Waals surface area contributed by atoms with Crippen molar-refractivity contribution in [3.8, 4) is 0 Å². The van der Waals surface area contributed by atoms with Gasteiger partial charge in [-0.05, 0) is 5.41 Å². The Morgan fingerprint density at radius 1 is 1.00 bits per heavy atom. The van der Waals surface area contributed by atoms with Gasteiger partial charge in [0.05, 0.1) is 5.92 Å². The summed E-state index contributed by atoms with van der Waals surface area (Å²) in [5.74, 6) is -2.99. The number of aliphatic hydroxyl groups excluding tert-OH is 2. The summed E-state index contributed by atoms with van der Waals surface area (Å²) in [7, 11) is 0. The molecule has 0 aromatic heterocycles. The molecule has 0 radical (unpaired) electrons. The second kappa shape index (κ2) is 5.13. The van der Waals surface area contributed by atoms with Crippen LogP contribution >= 0.6 is 0 Å². The second-order valence-electron chi connectivity index (χ2n) is 7.00. The van der Waals surface area contributed by atoms with E-state index in [1.54, 1.807) is 12.1 Å². The van der Waals surface area contributed by atoms with Crippen molar-refractivity contribution in [1.82, 2.24) is 0 Å². The highest BCUT2D eigenvalue weighted by Gasteiger charge is 2.47. The fraction of sp³-hybridized carbons (Fsp3) is 0.389. The molecule has 3 rings (SSSR count). The van der Waals surface area contributed by atoms with Crippen molar-refractivity contribution in [2.75, 3.05) is 0 Å². The molecule has 1 aromatic carbocycles. The average molecular weight is 314 g/mol. The molecule has 2 aliphatic carbocycles. The molecule has 0 unspecified atom stereocenters. The van der Waals surface area contributed by atoms with Gasteiger partial charge in [-0.3, -0.25) is 14.4 Å². The maximum Gasteiger partial charge on any atom is 0.193 e. The molecule has 0 saturated carbocycles. The summed E-state index contributed by atoms with van der Waals surface area (Å²) >= 11 is 0. The molecule has 0 spiro atoms. The lowest BCUT2D eigenvalue weighted by molar-refractivity contribution is -0.119. The second-order valence-corrected chi connectivity index (χ2v) is 7.00. The third-order valence-electron chi connectivity index (χ3n) is 4.53. The normalized spacial score (nSPS) is 27.2. The van der Waals surface area contributed by atoms with E-state index >= 15 is 0 Å². The Bertz CT molecular complexity index is 756. The van der Waals surface area contributed by atoms with Gasteiger partial charge in [0.1, 0.15) is 11.9 Å². The van der Waals surface area contributed by atoms with Crippen molar-refractivity contribution in [2.24, 2.45) is 11.3 Å². The Balaban J connectivity index is 2.12. The molecule has 0 heterocycles. The Hall–Kier alpha value is -2.27. The van der Waals surface area contributed by atoms with E-state index in [0.29, 0.717) is 0 Å². The van der Waals surface area contributed by atoms with Crippen LogP contribution in [0.25, 0.3) is 0 Å². The number of ketones is 3. The average Bonchev–Trinajstić information content (AvgIpc) is 2.46. The van der Waals surface area contributed by atoms with Crippen LogP contribution in [0.5, 0.6) is 0 Å². The Morgan fingerprint density at radius 2 is 1.57 bits per heavy atom. The minimum atomic E-state index is -1.64. The smallest absolute Gasteiger partial charge is 0.193 e. The third kappa shape index (κ3) is 2.41. The molecule has 5 nitrogen and oxygen atoms in total. The number of aliphatic hydroxyl groups is 2. The predicted molar refractivity (Wildman–Crippen MR) is 82.3 cm³/mol. The summed E-state index contributed by atoms with van der Waals surface area (Å²) in [6.07, 6.45) is -1.24. The summed E-state index contributed by atoms with van der Waals surface area (Å²) in [5, 5.41) is 20.6. The summed E-state index contributed by atoms with van der Waals surface area (Å²) in [6.45, 7) is 3.69. The highest BCUT2D eigenvalue weighted by Crippen LogP contribution is 2.41. The number of rotatable bonds is 1. The number of Topliss-reactive ketones (excluding diaryl/α,β-unsaturated/α-hetero) is 3. The number of allylic oxidation sites excluding steroid dienone is 1. The fourth-order valence-electron chi connectivity index (χ4n) is 3.48. The highest BCUT2D eigenvalue weighted by atomic mass is 16.3. The van der Waals surface area contributed by atoms with Crippen molar-refractivity contribution < 1.29 is 24.6 Å². The number of carbonyl (C=O) groups excluding carboxylic acids is 3. The van der Waals surface area contributed by atoms with Gasteiger partial charge in [0.2, 0.25) is 0 Å². The van der Waals surface area contributed by atoms with Crippen LogP contribution < -0.4 is 0 Å². The minimum Gasteiger partial charge on any atom is -0.512 e. The lowest BCUT2D eigenvalue weighted by atomic mass is 9.68. The van der Waals surface area contributed by atoms with E-state index in [9.17, 15) is 24.6 Å². The van der Waals surface area contributed by atoms with Crippen LogP contribution in [0, 0.1) is 11.3 Å². The molecule has 0 saturated heterocycles. The Labute approximate surface area is 133 Å². The van der Waals surface area contributed by atoms with Crippen molar-refractivity contribution in [3.63, 3.8) is 0 Å². The first-order valence-corrected chi connectivity index (χ1v) is 7.54. The van der Waals surface area contributed by atoms with Crippen molar-refractivity contribution >= 4 is 17.3 Å². The van der Waals surface area contributed by atoms with Crippen LogP contribution in [0.3, 0.4) is 0 Å². The van der Waals surface area contributed by atoms with E-state index in [1.807, 2.05) is 13.8 Å². The molecule has 2 N–H and O–H groups in total. The van der Waals surface area contributed by atoms with Crippen molar-refractivity contribution in [3.05, 3.63) is 46.7 Å². The number of carbonyl (C=O) groups is 3. The maximum absolute atomic E-state index is 12.7. The molecule has 23 heavy (non-hydrogen) atoms. The molecule has 2 atom stereocenters. The highest BCUT2D eigenvalue weighted by molar-refractivity contribution is 6.20. The van der Waals surface area contributed by atoms with E-state index in [0.717, 1.165) is 0 Å². The molecule has 5 heteroatoms. The SMILES string of the molecule is CC1(C)CC(=O)C([C@@H]2C(=O)c3ccccc3C(=O)[C@@H]2O)=C(O)C1. The topological polar surface area (TPSA) is 91.7 Å². The zero-order valence-corrected chi connectivity index (χ0v) is 13.0. The maximum atomic E-state index is 12.7. The van der Waals surface area contributed by atoms with Crippen molar-refractivity contribution in [1.29, 1.82) is 0 Å². The van der Waals surface area contributed by atoms with Gasteiger partial charge < -0.3 is 10.2 Å². The largest absolute Gasteiger partial charge is 0.512 e. The van der Waals surface area contributed by atoms with Crippen LogP contribution in [0.15, 0.2) is 35.6 Å². The molecular formula is C18H18O5. The lowest BCUT2D eigenvalue weighted by Crippen LogP contribution is -2.45. The fourth-order valence-corrected chi connectivity index (χ4v) is 3.48. The summed E-state index contributed by atoms with van der Waals surface area (Å²) in [4.78, 5) is 37.5. The van der Waals surface area contributed by atoms with Crippen LogP contribution in [0.1, 0.15) is 47.4 Å². The molecule has 0 aliphatic heterocycles. The van der Waals surface area contributed by atoms with E-state index in [4.69, 9.17) is 0 Å². The molecule has 120 valence electrons. The summed E-state index contributed by atoms with van der Waals surface area (Å²) in [5.41, 5.74) is -0.171. The predicted octanol–water partition coefficient (Wildman–Crippen LogP) is 2.24. The quantitative estimate of drug-likeness (QED) is 0.829. The van der Waals surface area contributed by atoms with E-state index in [2.05, 4.69) is 0 Å².